The molecule has 0 spiro atoms. The van der Waals surface area contributed by atoms with Crippen LogP contribution in [-0.4, -0.2) is 51.9 Å². The lowest BCUT2D eigenvalue weighted by atomic mass is 9.96. The molecule has 2 aromatic rings. The maximum Gasteiger partial charge on any atom is 0.308 e. The number of carboxylic acids is 1. The first-order chi connectivity index (χ1) is 12.8. The van der Waals surface area contributed by atoms with Gasteiger partial charge in [0.2, 0.25) is 11.8 Å². The van der Waals surface area contributed by atoms with E-state index in [2.05, 4.69) is 10.3 Å². The number of piperidine rings is 1. The molecule has 1 aliphatic heterocycles. The van der Waals surface area contributed by atoms with Gasteiger partial charge in [-0.15, -0.1) is 0 Å². The van der Waals surface area contributed by atoms with Crippen molar-refractivity contribution in [1.82, 2.24) is 15.2 Å². The van der Waals surface area contributed by atoms with Crippen molar-refractivity contribution < 1.29 is 23.9 Å². The summed E-state index contributed by atoms with van der Waals surface area (Å²) in [4.78, 5) is 40.3. The number of nitrogens with zero attached hydrogens (tertiary/aromatic N) is 1. The van der Waals surface area contributed by atoms with Crippen molar-refractivity contribution in [3.8, 4) is 0 Å². The number of H-pyrrole nitrogens is 1. The first-order valence-corrected chi connectivity index (χ1v) is 8.89. The number of rotatable bonds is 5. The van der Waals surface area contributed by atoms with Gasteiger partial charge in [0, 0.05) is 43.5 Å². The van der Waals surface area contributed by atoms with Crippen molar-refractivity contribution in [2.45, 2.75) is 32.2 Å². The van der Waals surface area contributed by atoms with Gasteiger partial charge in [0.25, 0.3) is 0 Å². The van der Waals surface area contributed by atoms with Gasteiger partial charge in [-0.2, -0.15) is 0 Å². The number of likely N-dealkylation sites (tertiary alicyclic amines) is 1. The average Bonchev–Trinajstić information content (AvgIpc) is 3.02. The number of hydrogen-bond donors (Lipinski definition) is 3. The Labute approximate surface area is 155 Å². The summed E-state index contributed by atoms with van der Waals surface area (Å²) in [5.41, 5.74) is 1.40. The number of amides is 2. The fourth-order valence-corrected chi connectivity index (χ4v) is 3.59. The van der Waals surface area contributed by atoms with E-state index < -0.39 is 17.9 Å². The van der Waals surface area contributed by atoms with E-state index in [0.29, 0.717) is 24.9 Å². The smallest absolute Gasteiger partial charge is 0.308 e. The van der Waals surface area contributed by atoms with Gasteiger partial charge < -0.3 is 20.3 Å². The lowest BCUT2D eigenvalue weighted by molar-refractivity contribution is -0.146. The van der Waals surface area contributed by atoms with Gasteiger partial charge in [-0.25, -0.2) is 4.39 Å². The van der Waals surface area contributed by atoms with Crippen LogP contribution < -0.4 is 5.32 Å². The number of carbonyl (C=O) groups excluding carboxylic acids is 2. The van der Waals surface area contributed by atoms with Crippen LogP contribution in [0.2, 0.25) is 0 Å². The lowest BCUT2D eigenvalue weighted by Crippen LogP contribution is -2.52. The fraction of sp³-hybridized carbons (Fsp3) is 0.421. The highest BCUT2D eigenvalue weighted by Crippen LogP contribution is 2.22. The average molecular weight is 375 g/mol. The summed E-state index contributed by atoms with van der Waals surface area (Å²) < 4.78 is 13.4. The van der Waals surface area contributed by atoms with Gasteiger partial charge in [0.05, 0.1) is 5.92 Å². The molecule has 2 amide bonds. The molecule has 27 heavy (non-hydrogen) atoms. The molecule has 2 atom stereocenters. The van der Waals surface area contributed by atoms with E-state index in [1.165, 1.54) is 24.0 Å². The van der Waals surface area contributed by atoms with E-state index in [9.17, 15) is 23.9 Å². The molecule has 1 aromatic heterocycles. The van der Waals surface area contributed by atoms with Crippen LogP contribution >= 0.6 is 0 Å². The summed E-state index contributed by atoms with van der Waals surface area (Å²) in [7, 11) is 0. The summed E-state index contributed by atoms with van der Waals surface area (Å²) in [6.45, 7) is 1.95. The van der Waals surface area contributed by atoms with Crippen molar-refractivity contribution >= 4 is 28.7 Å². The lowest BCUT2D eigenvalue weighted by Gasteiger charge is -2.33. The molecule has 3 rings (SSSR count). The van der Waals surface area contributed by atoms with Crippen LogP contribution in [0.3, 0.4) is 0 Å². The number of nitrogens with one attached hydrogen (secondary N) is 2. The maximum atomic E-state index is 13.4. The third-order valence-corrected chi connectivity index (χ3v) is 4.91. The zero-order valence-corrected chi connectivity index (χ0v) is 15.0. The summed E-state index contributed by atoms with van der Waals surface area (Å²) in [5.74, 6) is -2.50. The van der Waals surface area contributed by atoms with Crippen molar-refractivity contribution in [3.63, 3.8) is 0 Å². The number of halogens is 1. The SMILES string of the molecule is CC(=O)N[C@H](Cc1c[nH]c2cc(F)ccc12)C(=O)N1CCC[C@@H](C(=O)O)C1. The third-order valence-electron chi connectivity index (χ3n) is 4.91. The minimum Gasteiger partial charge on any atom is -0.481 e. The topological polar surface area (TPSA) is 103 Å². The van der Waals surface area contributed by atoms with E-state index in [4.69, 9.17) is 0 Å². The third kappa shape index (κ3) is 4.27. The van der Waals surface area contributed by atoms with E-state index in [1.807, 2.05) is 0 Å². The van der Waals surface area contributed by atoms with Gasteiger partial charge in [0.15, 0.2) is 0 Å². The molecular weight excluding hydrogens is 353 g/mol. The molecule has 0 saturated carbocycles. The molecule has 2 heterocycles. The molecule has 144 valence electrons. The molecule has 1 aromatic carbocycles. The van der Waals surface area contributed by atoms with E-state index >= 15 is 0 Å². The number of fused-ring (bicyclic) bond motifs is 1. The molecule has 3 N–H and O–H groups in total. The normalized spacial score (nSPS) is 18.3. The van der Waals surface area contributed by atoms with Crippen LogP contribution in [-0.2, 0) is 20.8 Å². The molecule has 0 radical (unpaired) electrons. The largest absolute Gasteiger partial charge is 0.481 e. The second kappa shape index (κ2) is 7.77. The summed E-state index contributed by atoms with van der Waals surface area (Å²) in [6, 6.07) is 3.54. The molecular formula is C19H22FN3O4. The van der Waals surface area contributed by atoms with Gasteiger partial charge in [0.1, 0.15) is 11.9 Å². The van der Waals surface area contributed by atoms with Crippen LogP contribution in [0.25, 0.3) is 10.9 Å². The van der Waals surface area contributed by atoms with Gasteiger partial charge in [-0.3, -0.25) is 14.4 Å². The molecule has 0 unspecified atom stereocenters. The zero-order valence-electron chi connectivity index (χ0n) is 15.0. The van der Waals surface area contributed by atoms with E-state index in [0.717, 1.165) is 10.9 Å². The Bertz CT molecular complexity index is 879. The predicted octanol–water partition coefficient (Wildman–Crippen LogP) is 1.68. The molecule has 0 aliphatic carbocycles. The molecule has 7 nitrogen and oxygen atoms in total. The Balaban J connectivity index is 1.81. The number of carboxylic acid groups (broad SMARTS) is 1. The highest BCUT2D eigenvalue weighted by atomic mass is 19.1. The number of aliphatic carboxylic acids is 1. The minimum absolute atomic E-state index is 0.142. The molecule has 1 saturated heterocycles. The monoisotopic (exact) mass is 375 g/mol. The highest BCUT2D eigenvalue weighted by Gasteiger charge is 2.32. The first kappa shape index (κ1) is 18.9. The number of hydrogen-bond acceptors (Lipinski definition) is 3. The zero-order chi connectivity index (χ0) is 19.6. The Morgan fingerprint density at radius 2 is 2.19 bits per heavy atom. The van der Waals surface area contributed by atoms with Crippen LogP contribution in [0.1, 0.15) is 25.3 Å². The van der Waals surface area contributed by atoms with E-state index in [1.54, 1.807) is 12.3 Å². The van der Waals surface area contributed by atoms with Crippen LogP contribution in [0, 0.1) is 11.7 Å². The van der Waals surface area contributed by atoms with Crippen molar-refractivity contribution in [2.75, 3.05) is 13.1 Å². The summed E-state index contributed by atoms with van der Waals surface area (Å²) >= 11 is 0. The maximum absolute atomic E-state index is 13.4. The second-order valence-corrected chi connectivity index (χ2v) is 6.92. The number of benzene rings is 1. The molecule has 1 aliphatic rings. The number of aromatic nitrogens is 1. The van der Waals surface area contributed by atoms with Crippen LogP contribution in [0.5, 0.6) is 0 Å². The van der Waals surface area contributed by atoms with Crippen molar-refractivity contribution in [1.29, 1.82) is 0 Å². The Hall–Kier alpha value is -2.90. The quantitative estimate of drug-likeness (QED) is 0.740. The molecule has 1 fully saturated rings. The van der Waals surface area contributed by atoms with E-state index in [-0.39, 0.29) is 30.6 Å². The first-order valence-electron chi connectivity index (χ1n) is 8.89. The van der Waals surface area contributed by atoms with Gasteiger partial charge in [-0.1, -0.05) is 0 Å². The highest BCUT2D eigenvalue weighted by molar-refractivity contribution is 5.89. The number of aromatic amines is 1. The predicted molar refractivity (Wildman–Crippen MR) is 96.5 cm³/mol. The Morgan fingerprint density at radius 1 is 1.41 bits per heavy atom. The van der Waals surface area contributed by atoms with Crippen molar-refractivity contribution in [2.24, 2.45) is 5.92 Å². The fourth-order valence-electron chi connectivity index (χ4n) is 3.59. The van der Waals surface area contributed by atoms with Crippen molar-refractivity contribution in [3.05, 3.63) is 35.8 Å². The molecule has 8 heteroatoms. The minimum atomic E-state index is -0.915. The van der Waals surface area contributed by atoms with Gasteiger partial charge >= 0.3 is 5.97 Å². The van der Waals surface area contributed by atoms with Crippen LogP contribution in [0.4, 0.5) is 4.39 Å². The Morgan fingerprint density at radius 3 is 2.89 bits per heavy atom. The standard InChI is InChI=1S/C19H22FN3O4/c1-11(24)22-17(18(25)23-6-2-3-12(10-23)19(26)27)7-13-9-21-16-8-14(20)4-5-15(13)16/h4-5,8-9,12,17,21H,2-3,6-7,10H2,1H3,(H,22,24)(H,26,27)/t12-,17-/m1/s1. The Kier molecular flexibility index (Phi) is 5.43. The molecule has 0 bridgehead atoms. The van der Waals surface area contributed by atoms with Gasteiger partial charge in [-0.05, 0) is 36.6 Å². The number of carbonyl (C=O) groups is 3. The van der Waals surface area contributed by atoms with Crippen LogP contribution in [0.15, 0.2) is 24.4 Å². The summed E-state index contributed by atoms with van der Waals surface area (Å²) in [6.07, 6.45) is 3.08. The summed E-state index contributed by atoms with van der Waals surface area (Å²) in [5, 5.41) is 12.7. The second-order valence-electron chi connectivity index (χ2n) is 6.92.